The van der Waals surface area contributed by atoms with Gasteiger partial charge in [0.2, 0.25) is 0 Å². The molecule has 0 amide bonds. The van der Waals surface area contributed by atoms with E-state index in [1.165, 1.54) is 0 Å². The minimum atomic E-state index is -2.26. The van der Waals surface area contributed by atoms with Gasteiger partial charge in [0.25, 0.3) is 0 Å². The highest BCUT2D eigenvalue weighted by atomic mass is 35.5. The summed E-state index contributed by atoms with van der Waals surface area (Å²) in [5, 5.41) is 65.0. The SMILES string of the molecule is OC[C@@H](O)[C@]1(O)C(c2ccccc2)[C@]2(O)C(O)C(c3ccc(Cl)cc3)[C@@]21O. The molecule has 4 rings (SSSR count). The largest absolute Gasteiger partial charge is 0.394 e. The summed E-state index contributed by atoms with van der Waals surface area (Å²) >= 11 is 5.89. The number of aliphatic hydroxyl groups is 6. The first kappa shape index (κ1) is 18.8. The number of rotatable bonds is 4. The summed E-state index contributed by atoms with van der Waals surface area (Å²) in [4.78, 5) is 0. The van der Waals surface area contributed by atoms with Crippen LogP contribution in [0.2, 0.25) is 5.02 Å². The average molecular weight is 393 g/mol. The first-order valence-corrected chi connectivity index (χ1v) is 9.06. The molecule has 6 N–H and O–H groups in total. The van der Waals surface area contributed by atoms with Crippen molar-refractivity contribution in [3.63, 3.8) is 0 Å². The highest BCUT2D eigenvalue weighted by Crippen LogP contribution is 2.75. The molecule has 27 heavy (non-hydrogen) atoms. The van der Waals surface area contributed by atoms with Gasteiger partial charge in [-0.15, -0.1) is 0 Å². The van der Waals surface area contributed by atoms with E-state index in [0.717, 1.165) is 0 Å². The van der Waals surface area contributed by atoms with Crippen LogP contribution in [0.1, 0.15) is 23.0 Å². The van der Waals surface area contributed by atoms with Crippen LogP contribution in [-0.2, 0) is 0 Å². The summed E-state index contributed by atoms with van der Waals surface area (Å²) in [6.45, 7) is -0.818. The van der Waals surface area contributed by atoms with E-state index in [9.17, 15) is 30.6 Å². The number of aliphatic hydroxyl groups excluding tert-OH is 3. The topological polar surface area (TPSA) is 121 Å². The Kier molecular flexibility index (Phi) is 4.18. The fourth-order valence-electron chi connectivity index (χ4n) is 5.13. The second kappa shape index (κ2) is 5.99. The van der Waals surface area contributed by atoms with Crippen molar-refractivity contribution in [1.82, 2.24) is 0 Å². The summed E-state index contributed by atoms with van der Waals surface area (Å²) < 4.78 is 0. The molecule has 6 nitrogen and oxygen atoms in total. The maximum absolute atomic E-state index is 11.4. The van der Waals surface area contributed by atoms with Crippen molar-refractivity contribution >= 4 is 11.6 Å². The van der Waals surface area contributed by atoms with Crippen LogP contribution in [0.15, 0.2) is 54.6 Å². The van der Waals surface area contributed by atoms with Crippen LogP contribution in [0.5, 0.6) is 0 Å². The van der Waals surface area contributed by atoms with Crippen molar-refractivity contribution in [1.29, 1.82) is 0 Å². The molecule has 0 spiro atoms. The normalized spacial score (nSPS) is 41.2. The molecular weight excluding hydrogens is 372 g/mol. The van der Waals surface area contributed by atoms with E-state index < -0.39 is 47.5 Å². The Morgan fingerprint density at radius 3 is 2.07 bits per heavy atom. The van der Waals surface area contributed by atoms with Crippen LogP contribution in [0, 0.1) is 0 Å². The van der Waals surface area contributed by atoms with Gasteiger partial charge >= 0.3 is 0 Å². The van der Waals surface area contributed by atoms with E-state index in [0.29, 0.717) is 16.1 Å². The number of fused-ring (bicyclic) bond motifs is 1. The number of hydrogen-bond donors (Lipinski definition) is 6. The minimum Gasteiger partial charge on any atom is -0.394 e. The second-order valence-corrected chi connectivity index (χ2v) is 7.87. The maximum atomic E-state index is 11.4. The van der Waals surface area contributed by atoms with E-state index in [1.807, 2.05) is 0 Å². The number of halogens is 1. The third-order valence-corrected chi connectivity index (χ3v) is 6.61. The Bertz CT molecular complexity index is 845. The molecular formula is C20H21ClO6. The standard InChI is InChI=1S/C20H21ClO6/c21-13-8-6-11(7-9-13)15-17(24)19(26)16(12-4-2-1-3-5-12)18(25,14(23)10-22)20(15,19)27/h1-9,14-17,22-27H,10H2/t14-,15?,16?,17?,18+,19+,20+/m1/s1. The van der Waals surface area contributed by atoms with Gasteiger partial charge in [-0.3, -0.25) is 0 Å². The molecule has 2 aliphatic carbocycles. The smallest absolute Gasteiger partial charge is 0.138 e. The van der Waals surface area contributed by atoms with Gasteiger partial charge in [-0.25, -0.2) is 0 Å². The Balaban J connectivity index is 1.85. The quantitative estimate of drug-likeness (QED) is 0.440. The lowest BCUT2D eigenvalue weighted by molar-refractivity contribution is -0.459. The van der Waals surface area contributed by atoms with Crippen LogP contribution >= 0.6 is 11.6 Å². The molecule has 7 atom stereocenters. The maximum Gasteiger partial charge on any atom is 0.138 e. The molecule has 0 aromatic heterocycles. The van der Waals surface area contributed by atoms with Gasteiger partial charge in [0.1, 0.15) is 22.9 Å². The molecule has 7 heteroatoms. The van der Waals surface area contributed by atoms with Gasteiger partial charge in [-0.2, -0.15) is 0 Å². The van der Waals surface area contributed by atoms with Crippen molar-refractivity contribution in [3.05, 3.63) is 70.7 Å². The zero-order valence-electron chi connectivity index (χ0n) is 14.3. The molecule has 0 heterocycles. The second-order valence-electron chi connectivity index (χ2n) is 7.43. The van der Waals surface area contributed by atoms with Gasteiger partial charge < -0.3 is 30.6 Å². The Labute approximate surface area is 160 Å². The third-order valence-electron chi connectivity index (χ3n) is 6.36. The highest BCUT2D eigenvalue weighted by Gasteiger charge is 2.93. The molecule has 0 bridgehead atoms. The third kappa shape index (κ3) is 2.01. The zero-order valence-corrected chi connectivity index (χ0v) is 15.0. The molecule has 144 valence electrons. The van der Waals surface area contributed by atoms with Gasteiger partial charge in [0, 0.05) is 10.9 Å². The first-order chi connectivity index (χ1) is 12.7. The number of benzene rings is 2. The molecule has 2 aromatic carbocycles. The lowest BCUT2D eigenvalue weighted by Gasteiger charge is -2.80. The van der Waals surface area contributed by atoms with Crippen LogP contribution in [0.4, 0.5) is 0 Å². The van der Waals surface area contributed by atoms with E-state index >= 15 is 0 Å². The average Bonchev–Trinajstić information content (AvgIpc) is 2.69. The van der Waals surface area contributed by atoms with Crippen LogP contribution < -0.4 is 0 Å². The van der Waals surface area contributed by atoms with E-state index in [2.05, 4.69) is 0 Å². The fraction of sp³-hybridized carbons (Fsp3) is 0.400. The van der Waals surface area contributed by atoms with Crippen LogP contribution in [0.25, 0.3) is 0 Å². The van der Waals surface area contributed by atoms with Gasteiger partial charge in [-0.1, -0.05) is 54.1 Å². The van der Waals surface area contributed by atoms with Crippen LogP contribution in [0.3, 0.4) is 0 Å². The first-order valence-electron chi connectivity index (χ1n) is 8.69. The molecule has 2 saturated carbocycles. The summed E-state index contributed by atoms with van der Waals surface area (Å²) in [5.74, 6) is -2.25. The molecule has 0 saturated heterocycles. The van der Waals surface area contributed by atoms with Crippen molar-refractivity contribution in [3.8, 4) is 0 Å². The summed E-state index contributed by atoms with van der Waals surface area (Å²) in [6, 6.07) is 14.7. The molecule has 3 unspecified atom stereocenters. The minimum absolute atomic E-state index is 0.438. The predicted molar refractivity (Wildman–Crippen MR) is 97.3 cm³/mol. The van der Waals surface area contributed by atoms with Gasteiger partial charge in [-0.05, 0) is 23.3 Å². The monoisotopic (exact) mass is 392 g/mol. The van der Waals surface area contributed by atoms with E-state index in [-0.39, 0.29) is 0 Å². The van der Waals surface area contributed by atoms with Crippen molar-refractivity contribution < 1.29 is 30.6 Å². The van der Waals surface area contributed by atoms with Crippen molar-refractivity contribution in [2.75, 3.05) is 6.61 Å². The highest BCUT2D eigenvalue weighted by molar-refractivity contribution is 6.30. The molecule has 0 aliphatic heterocycles. The zero-order chi connectivity index (χ0) is 19.6. The fourth-order valence-corrected chi connectivity index (χ4v) is 5.26. The molecule has 2 aliphatic rings. The Morgan fingerprint density at radius 1 is 0.926 bits per heavy atom. The number of hydrogen-bond acceptors (Lipinski definition) is 6. The van der Waals surface area contributed by atoms with Crippen LogP contribution in [-0.4, -0.2) is 66.3 Å². The van der Waals surface area contributed by atoms with Crippen molar-refractivity contribution in [2.45, 2.75) is 40.8 Å². The Morgan fingerprint density at radius 2 is 1.52 bits per heavy atom. The summed E-state index contributed by atoms with van der Waals surface area (Å²) in [7, 11) is 0. The lowest BCUT2D eigenvalue weighted by Crippen LogP contribution is -2.99. The molecule has 0 radical (unpaired) electrons. The predicted octanol–water partition coefficient (Wildman–Crippen LogP) is 0.142. The summed E-state index contributed by atoms with van der Waals surface area (Å²) in [6.07, 6.45) is -3.12. The molecule has 2 aromatic rings. The molecule has 2 fully saturated rings. The van der Waals surface area contributed by atoms with Gasteiger partial charge in [0.05, 0.1) is 18.6 Å². The summed E-state index contributed by atoms with van der Waals surface area (Å²) in [5.41, 5.74) is -5.71. The lowest BCUT2D eigenvalue weighted by atomic mass is 9.30. The van der Waals surface area contributed by atoms with E-state index in [4.69, 9.17) is 11.6 Å². The Hall–Kier alpha value is -1.51. The van der Waals surface area contributed by atoms with Gasteiger partial charge in [0.15, 0.2) is 0 Å². The van der Waals surface area contributed by atoms with E-state index in [1.54, 1.807) is 54.6 Å². The van der Waals surface area contributed by atoms with Crippen molar-refractivity contribution in [2.24, 2.45) is 0 Å².